The van der Waals surface area contributed by atoms with Crippen LogP contribution in [-0.2, 0) is 4.74 Å². The summed E-state index contributed by atoms with van der Waals surface area (Å²) in [6.07, 6.45) is 3.51. The molecule has 0 fully saturated rings. The van der Waals surface area contributed by atoms with E-state index in [-0.39, 0.29) is 0 Å². The van der Waals surface area contributed by atoms with Crippen molar-refractivity contribution >= 4 is 32.3 Å². The van der Waals surface area contributed by atoms with E-state index < -0.39 is 20.6 Å². The molecular formula is C26H32AsN3O4. The van der Waals surface area contributed by atoms with Crippen molar-refractivity contribution in [3.05, 3.63) is 60.4 Å². The summed E-state index contributed by atoms with van der Waals surface area (Å²) in [4.78, 5) is 21.4. The fourth-order valence-corrected chi connectivity index (χ4v) is 6.38. The number of esters is 1. The van der Waals surface area contributed by atoms with Gasteiger partial charge in [0.05, 0.1) is 7.11 Å². The molecule has 1 heterocycles. The number of carbonyl (C=O) groups is 1. The minimum absolute atomic E-state index is 0.298. The van der Waals surface area contributed by atoms with E-state index in [4.69, 9.17) is 14.2 Å². The SMILES string of the molecule is CCOC(=O)c1cc(Nc2ncc(-c3ccc(OC)cc3)cn2)ccc1OCC[As](CC)CC. The number of methoxy groups -OCH3 is 1. The average Bonchev–Trinajstić information content (AvgIpc) is 2.88. The van der Waals surface area contributed by atoms with Crippen molar-refractivity contribution in [2.75, 3.05) is 25.6 Å². The second kappa shape index (κ2) is 13.0. The van der Waals surface area contributed by atoms with Gasteiger partial charge in [0.1, 0.15) is 5.75 Å². The molecule has 1 aromatic heterocycles. The van der Waals surface area contributed by atoms with Crippen molar-refractivity contribution in [2.24, 2.45) is 0 Å². The zero-order valence-electron chi connectivity index (χ0n) is 20.2. The van der Waals surface area contributed by atoms with E-state index in [2.05, 4.69) is 29.1 Å². The first-order chi connectivity index (χ1) is 16.6. The van der Waals surface area contributed by atoms with Crippen LogP contribution in [0.15, 0.2) is 54.9 Å². The van der Waals surface area contributed by atoms with Crippen LogP contribution in [0.3, 0.4) is 0 Å². The number of benzene rings is 2. The van der Waals surface area contributed by atoms with E-state index in [9.17, 15) is 4.79 Å². The zero-order chi connectivity index (χ0) is 24.3. The van der Waals surface area contributed by atoms with Crippen LogP contribution in [0, 0.1) is 0 Å². The zero-order valence-corrected chi connectivity index (χ0v) is 22.1. The number of nitrogens with zero attached hydrogens (tertiary/aromatic N) is 2. The van der Waals surface area contributed by atoms with Gasteiger partial charge in [-0.25, -0.2) is 0 Å². The Balaban J connectivity index is 1.73. The van der Waals surface area contributed by atoms with Gasteiger partial charge in [0.25, 0.3) is 0 Å². The molecule has 3 rings (SSSR count). The van der Waals surface area contributed by atoms with Gasteiger partial charge in [-0.3, -0.25) is 0 Å². The summed E-state index contributed by atoms with van der Waals surface area (Å²) in [5.74, 6) is 1.37. The van der Waals surface area contributed by atoms with Crippen LogP contribution >= 0.6 is 0 Å². The molecule has 0 atom stereocenters. The molecule has 0 aliphatic carbocycles. The Kier molecular flexibility index (Phi) is 9.77. The van der Waals surface area contributed by atoms with Crippen LogP contribution in [0.4, 0.5) is 11.6 Å². The molecule has 180 valence electrons. The molecule has 2 aromatic carbocycles. The second-order valence-electron chi connectivity index (χ2n) is 7.46. The van der Waals surface area contributed by atoms with E-state index in [0.29, 0.717) is 36.2 Å². The van der Waals surface area contributed by atoms with E-state index in [1.165, 1.54) is 10.4 Å². The molecule has 0 aliphatic rings. The number of hydrogen-bond acceptors (Lipinski definition) is 7. The van der Waals surface area contributed by atoms with E-state index in [0.717, 1.165) is 22.1 Å². The Hall–Kier alpha value is -3.05. The van der Waals surface area contributed by atoms with Gasteiger partial charge in [0.15, 0.2) is 0 Å². The number of anilines is 2. The van der Waals surface area contributed by atoms with Gasteiger partial charge in [-0.15, -0.1) is 0 Å². The molecule has 0 unspecified atom stereocenters. The van der Waals surface area contributed by atoms with Crippen molar-refractivity contribution in [1.82, 2.24) is 9.97 Å². The van der Waals surface area contributed by atoms with Gasteiger partial charge >= 0.3 is 159 Å². The fraction of sp³-hybridized carbons (Fsp3) is 0.346. The number of rotatable bonds is 12. The number of carbonyl (C=O) groups excluding carboxylic acids is 1. The summed E-state index contributed by atoms with van der Waals surface area (Å²) >= 11 is -0.820. The molecule has 0 spiro atoms. The molecule has 1 N–H and O–H groups in total. The number of aromatic nitrogens is 2. The predicted octanol–water partition coefficient (Wildman–Crippen LogP) is 5.99. The van der Waals surface area contributed by atoms with Gasteiger partial charge in [0.2, 0.25) is 0 Å². The maximum atomic E-state index is 12.6. The summed E-state index contributed by atoms with van der Waals surface area (Å²) in [6, 6.07) is 13.1. The number of ether oxygens (including phenoxy) is 3. The molecule has 8 heteroatoms. The Morgan fingerprint density at radius 3 is 2.29 bits per heavy atom. The fourth-order valence-electron chi connectivity index (χ4n) is 3.38. The van der Waals surface area contributed by atoms with Crippen LogP contribution in [0.2, 0.25) is 15.6 Å². The summed E-state index contributed by atoms with van der Waals surface area (Å²) in [6.45, 7) is 7.21. The van der Waals surface area contributed by atoms with Crippen LogP contribution in [0.25, 0.3) is 11.1 Å². The third kappa shape index (κ3) is 6.97. The predicted molar refractivity (Wildman–Crippen MR) is 137 cm³/mol. The average molecular weight is 525 g/mol. The molecule has 3 aromatic rings. The molecule has 0 amide bonds. The van der Waals surface area contributed by atoms with Crippen LogP contribution in [0.5, 0.6) is 11.5 Å². The van der Waals surface area contributed by atoms with Gasteiger partial charge in [-0.2, -0.15) is 0 Å². The minimum atomic E-state index is -0.820. The second-order valence-corrected chi connectivity index (χ2v) is 13.9. The van der Waals surface area contributed by atoms with Crippen LogP contribution < -0.4 is 14.8 Å². The normalized spacial score (nSPS) is 10.7. The van der Waals surface area contributed by atoms with E-state index in [1.54, 1.807) is 38.6 Å². The summed E-state index contributed by atoms with van der Waals surface area (Å²) in [5.41, 5.74) is 2.97. The Morgan fingerprint density at radius 2 is 1.68 bits per heavy atom. The van der Waals surface area contributed by atoms with Crippen LogP contribution in [0.1, 0.15) is 31.1 Å². The van der Waals surface area contributed by atoms with Gasteiger partial charge < -0.3 is 4.74 Å². The van der Waals surface area contributed by atoms with Crippen molar-refractivity contribution in [3.63, 3.8) is 0 Å². The van der Waals surface area contributed by atoms with Crippen LogP contribution in [-0.4, -0.2) is 50.9 Å². The summed E-state index contributed by atoms with van der Waals surface area (Å²) in [7, 11) is 1.64. The topological polar surface area (TPSA) is 82.6 Å². The molecule has 0 bridgehead atoms. The molecule has 7 nitrogen and oxygen atoms in total. The maximum absolute atomic E-state index is 12.6. The number of nitrogens with one attached hydrogen (secondary N) is 1. The van der Waals surface area contributed by atoms with E-state index in [1.807, 2.05) is 30.3 Å². The Labute approximate surface area is 206 Å². The van der Waals surface area contributed by atoms with Crippen molar-refractivity contribution in [3.8, 4) is 22.6 Å². The quantitative estimate of drug-likeness (QED) is 0.230. The first-order valence-electron chi connectivity index (χ1n) is 11.5. The molecule has 0 radical (unpaired) electrons. The number of hydrogen-bond donors (Lipinski definition) is 1. The molecular weight excluding hydrogens is 493 g/mol. The van der Waals surface area contributed by atoms with Crippen molar-refractivity contribution in [1.29, 1.82) is 0 Å². The first-order valence-corrected chi connectivity index (χ1v) is 15.5. The Bertz CT molecular complexity index is 1050. The van der Waals surface area contributed by atoms with Gasteiger partial charge in [0, 0.05) is 0 Å². The third-order valence-corrected chi connectivity index (χ3v) is 10.8. The van der Waals surface area contributed by atoms with E-state index >= 15 is 0 Å². The molecule has 0 aliphatic heterocycles. The van der Waals surface area contributed by atoms with Gasteiger partial charge in [-0.05, 0) is 17.7 Å². The van der Waals surface area contributed by atoms with Crippen molar-refractivity contribution < 1.29 is 19.0 Å². The Morgan fingerprint density at radius 1 is 0.971 bits per heavy atom. The van der Waals surface area contributed by atoms with Crippen molar-refractivity contribution in [2.45, 2.75) is 36.4 Å². The first kappa shape index (κ1) is 25.6. The van der Waals surface area contributed by atoms with Gasteiger partial charge in [-0.1, -0.05) is 12.1 Å². The third-order valence-electron chi connectivity index (χ3n) is 5.37. The monoisotopic (exact) mass is 525 g/mol. The molecule has 0 saturated heterocycles. The molecule has 34 heavy (non-hydrogen) atoms. The summed E-state index contributed by atoms with van der Waals surface area (Å²) < 4.78 is 16.4. The summed E-state index contributed by atoms with van der Waals surface area (Å²) in [5, 5.41) is 6.78. The molecule has 0 saturated carbocycles. The standard InChI is InChI=1S/C26H32AsN3O4/c1-5-27(6-2)14-15-34-24-13-10-21(16-23(24)25(31)33-7-3)30-26-28-17-20(18-29-26)19-8-11-22(32-4)12-9-19/h8-13,16-18H,5-7,14-15H2,1-4H3,(H,28,29,30).